The van der Waals surface area contributed by atoms with Crippen LogP contribution in [0.5, 0.6) is 5.75 Å². The summed E-state index contributed by atoms with van der Waals surface area (Å²) in [6.45, 7) is 0.865. The third-order valence-electron chi connectivity index (χ3n) is 5.30. The fraction of sp³-hybridized carbons (Fsp3) is 0.474. The third kappa shape index (κ3) is 2.68. The van der Waals surface area contributed by atoms with Crippen LogP contribution in [0.4, 0.5) is 0 Å². The average Bonchev–Trinajstić information content (AvgIpc) is 3.03. The maximum Gasteiger partial charge on any atom is 0.226 e. The lowest BCUT2D eigenvalue weighted by Crippen LogP contribution is -2.32. The van der Waals surface area contributed by atoms with Crippen molar-refractivity contribution in [1.82, 2.24) is 14.7 Å². The molecule has 2 heterocycles. The van der Waals surface area contributed by atoms with Crippen LogP contribution in [-0.2, 0) is 11.8 Å². The van der Waals surface area contributed by atoms with Crippen LogP contribution in [0, 0.1) is 5.92 Å². The summed E-state index contributed by atoms with van der Waals surface area (Å²) < 4.78 is 7.02. The molecule has 2 fully saturated rings. The van der Waals surface area contributed by atoms with Crippen LogP contribution in [-0.4, -0.2) is 34.2 Å². The lowest BCUT2D eigenvalue weighted by Gasteiger charge is -2.24. The van der Waals surface area contributed by atoms with Crippen LogP contribution in [0.3, 0.4) is 0 Å². The van der Waals surface area contributed by atoms with E-state index in [0.717, 1.165) is 37.1 Å². The van der Waals surface area contributed by atoms with E-state index >= 15 is 0 Å². The summed E-state index contributed by atoms with van der Waals surface area (Å²) in [6.07, 6.45) is 7.00. The molecule has 24 heavy (non-hydrogen) atoms. The predicted octanol–water partition coefficient (Wildman–Crippen LogP) is 2.90. The van der Waals surface area contributed by atoms with Gasteiger partial charge in [-0.05, 0) is 42.9 Å². The second kappa shape index (κ2) is 5.96. The number of hydrogen-bond acceptors (Lipinski definition) is 3. The Hall–Kier alpha value is -2.30. The number of hydrogen-bond donors (Lipinski definition) is 0. The Morgan fingerprint density at radius 2 is 2.04 bits per heavy atom. The molecule has 0 bridgehead atoms. The minimum atomic E-state index is 0.135. The molecule has 2 aliphatic rings. The zero-order valence-electron chi connectivity index (χ0n) is 14.2. The molecule has 0 unspecified atom stereocenters. The van der Waals surface area contributed by atoms with Gasteiger partial charge in [-0.15, -0.1) is 0 Å². The number of methoxy groups -OCH3 is 1. The fourth-order valence-corrected chi connectivity index (χ4v) is 3.89. The SMILES string of the molecule is COc1ccc([C@@H]2C[C@H]2C(=O)N2CCC[C@@H]2c2cnn(C)c2)cc1. The van der Waals surface area contributed by atoms with Crippen LogP contribution in [0.1, 0.15) is 42.3 Å². The van der Waals surface area contributed by atoms with Crippen molar-refractivity contribution < 1.29 is 9.53 Å². The summed E-state index contributed by atoms with van der Waals surface area (Å²) in [5, 5.41) is 4.26. The number of benzene rings is 1. The Morgan fingerprint density at radius 3 is 2.71 bits per heavy atom. The van der Waals surface area contributed by atoms with Gasteiger partial charge in [0.05, 0.1) is 19.3 Å². The van der Waals surface area contributed by atoms with E-state index in [9.17, 15) is 4.79 Å². The fourth-order valence-electron chi connectivity index (χ4n) is 3.89. The van der Waals surface area contributed by atoms with Crippen molar-refractivity contribution in [2.75, 3.05) is 13.7 Å². The predicted molar refractivity (Wildman–Crippen MR) is 90.7 cm³/mol. The van der Waals surface area contributed by atoms with Crippen molar-refractivity contribution in [3.05, 3.63) is 47.8 Å². The number of aryl methyl sites for hydroxylation is 1. The Labute approximate surface area is 142 Å². The van der Waals surface area contributed by atoms with E-state index in [2.05, 4.69) is 22.1 Å². The topological polar surface area (TPSA) is 47.4 Å². The van der Waals surface area contributed by atoms with Crippen LogP contribution in [0.15, 0.2) is 36.7 Å². The van der Waals surface area contributed by atoms with Crippen molar-refractivity contribution >= 4 is 5.91 Å². The van der Waals surface area contributed by atoms with Gasteiger partial charge < -0.3 is 9.64 Å². The average molecular weight is 325 g/mol. The highest BCUT2D eigenvalue weighted by Gasteiger charge is 2.47. The van der Waals surface area contributed by atoms with Gasteiger partial charge in [0.2, 0.25) is 5.91 Å². The second-order valence-corrected chi connectivity index (χ2v) is 6.86. The quantitative estimate of drug-likeness (QED) is 0.868. The number of rotatable bonds is 4. The second-order valence-electron chi connectivity index (χ2n) is 6.86. The number of likely N-dealkylation sites (tertiary alicyclic amines) is 1. The maximum absolute atomic E-state index is 13.0. The summed E-state index contributed by atoms with van der Waals surface area (Å²) in [4.78, 5) is 15.1. The Balaban J connectivity index is 1.46. The molecular weight excluding hydrogens is 302 g/mol. The highest BCUT2D eigenvalue weighted by atomic mass is 16.5. The lowest BCUT2D eigenvalue weighted by molar-refractivity contribution is -0.133. The molecule has 1 aliphatic heterocycles. The molecule has 126 valence electrons. The minimum Gasteiger partial charge on any atom is -0.497 e. The summed E-state index contributed by atoms with van der Waals surface area (Å²) in [5.74, 6) is 1.66. The monoisotopic (exact) mass is 325 g/mol. The Bertz CT molecular complexity index is 737. The Kier molecular flexibility index (Phi) is 3.79. The number of carbonyl (C=O) groups is 1. The van der Waals surface area contributed by atoms with Gasteiger partial charge >= 0.3 is 0 Å². The summed E-state index contributed by atoms with van der Waals surface area (Å²) >= 11 is 0. The molecule has 0 spiro atoms. The molecule has 1 saturated carbocycles. The summed E-state index contributed by atoms with van der Waals surface area (Å²) in [6, 6.07) is 8.31. The van der Waals surface area contributed by atoms with E-state index < -0.39 is 0 Å². The zero-order chi connectivity index (χ0) is 16.7. The lowest BCUT2D eigenvalue weighted by atomic mass is 10.1. The maximum atomic E-state index is 13.0. The van der Waals surface area contributed by atoms with Gasteiger partial charge in [-0.3, -0.25) is 9.48 Å². The van der Waals surface area contributed by atoms with Gasteiger partial charge in [-0.1, -0.05) is 12.1 Å². The first-order valence-electron chi connectivity index (χ1n) is 8.60. The molecule has 1 aliphatic carbocycles. The molecule has 5 heteroatoms. The van der Waals surface area contributed by atoms with Gasteiger partial charge in [-0.2, -0.15) is 5.10 Å². The van der Waals surface area contributed by atoms with E-state index in [-0.39, 0.29) is 12.0 Å². The molecule has 5 nitrogen and oxygen atoms in total. The van der Waals surface area contributed by atoms with Crippen molar-refractivity contribution in [2.45, 2.75) is 31.2 Å². The van der Waals surface area contributed by atoms with E-state index in [1.807, 2.05) is 36.3 Å². The van der Waals surface area contributed by atoms with Crippen molar-refractivity contribution in [1.29, 1.82) is 0 Å². The van der Waals surface area contributed by atoms with Gasteiger partial charge in [-0.25, -0.2) is 0 Å². The first-order valence-corrected chi connectivity index (χ1v) is 8.60. The molecule has 1 amide bonds. The van der Waals surface area contributed by atoms with E-state index in [0.29, 0.717) is 11.8 Å². The number of ether oxygens (including phenoxy) is 1. The molecule has 3 atom stereocenters. The number of carbonyl (C=O) groups excluding carboxylic acids is 1. The van der Waals surface area contributed by atoms with E-state index in [1.165, 1.54) is 5.56 Å². The van der Waals surface area contributed by atoms with E-state index in [1.54, 1.807) is 7.11 Å². The van der Waals surface area contributed by atoms with Gasteiger partial charge in [0.25, 0.3) is 0 Å². The van der Waals surface area contributed by atoms with E-state index in [4.69, 9.17) is 4.74 Å². The summed E-state index contributed by atoms with van der Waals surface area (Å²) in [7, 11) is 3.59. The molecule has 1 aromatic carbocycles. The molecule has 1 saturated heterocycles. The van der Waals surface area contributed by atoms with Crippen LogP contribution >= 0.6 is 0 Å². The Morgan fingerprint density at radius 1 is 1.25 bits per heavy atom. The smallest absolute Gasteiger partial charge is 0.226 e. The first kappa shape index (κ1) is 15.2. The molecule has 2 aromatic rings. The molecule has 0 radical (unpaired) electrons. The highest BCUT2D eigenvalue weighted by molar-refractivity contribution is 5.83. The van der Waals surface area contributed by atoms with Crippen molar-refractivity contribution in [3.63, 3.8) is 0 Å². The summed E-state index contributed by atoms with van der Waals surface area (Å²) in [5.41, 5.74) is 2.40. The molecular formula is C19H23N3O2. The highest BCUT2D eigenvalue weighted by Crippen LogP contribution is 2.50. The van der Waals surface area contributed by atoms with Gasteiger partial charge in [0, 0.05) is 31.3 Å². The number of amides is 1. The largest absolute Gasteiger partial charge is 0.497 e. The van der Waals surface area contributed by atoms with Crippen molar-refractivity contribution in [2.24, 2.45) is 13.0 Å². The molecule has 1 aromatic heterocycles. The van der Waals surface area contributed by atoms with Gasteiger partial charge in [0.15, 0.2) is 0 Å². The van der Waals surface area contributed by atoms with Crippen LogP contribution in [0.2, 0.25) is 0 Å². The minimum absolute atomic E-state index is 0.135. The normalized spacial score (nSPS) is 25.8. The first-order chi connectivity index (χ1) is 11.7. The zero-order valence-corrected chi connectivity index (χ0v) is 14.2. The molecule has 4 rings (SSSR count). The van der Waals surface area contributed by atoms with Crippen LogP contribution < -0.4 is 4.74 Å². The molecule has 0 N–H and O–H groups in total. The third-order valence-corrected chi connectivity index (χ3v) is 5.30. The van der Waals surface area contributed by atoms with Gasteiger partial charge in [0.1, 0.15) is 5.75 Å². The van der Waals surface area contributed by atoms with Crippen LogP contribution in [0.25, 0.3) is 0 Å². The standard InChI is InChI=1S/C19H23N3O2/c1-21-12-14(11-20-21)18-4-3-9-22(18)19(23)17-10-16(17)13-5-7-15(24-2)8-6-13/h5-8,11-12,16-18H,3-4,9-10H2,1-2H3/t16-,17+,18+/m0/s1. The number of aromatic nitrogens is 2. The van der Waals surface area contributed by atoms with Crippen molar-refractivity contribution in [3.8, 4) is 5.75 Å². The number of nitrogens with zero attached hydrogens (tertiary/aromatic N) is 3.